The van der Waals surface area contributed by atoms with E-state index < -0.39 is 11.7 Å². The summed E-state index contributed by atoms with van der Waals surface area (Å²) >= 11 is 10.0. The van der Waals surface area contributed by atoms with Crippen molar-refractivity contribution < 1.29 is 9.18 Å². The van der Waals surface area contributed by atoms with Gasteiger partial charge in [0.05, 0.1) is 15.0 Å². The second-order valence-electron chi connectivity index (χ2n) is 3.05. The standard InChI is InChI=1S/C10H5BrClFN2OS/c11-8-4-14-10(17-8)15-9(16)5-1-2-6(12)7(13)3-5/h1-4H,(H,14,15,16). The molecule has 17 heavy (non-hydrogen) atoms. The summed E-state index contributed by atoms with van der Waals surface area (Å²) in [5.74, 6) is -1.05. The first-order valence-electron chi connectivity index (χ1n) is 4.44. The molecule has 0 aliphatic heterocycles. The van der Waals surface area contributed by atoms with Crippen LogP contribution in [0.4, 0.5) is 9.52 Å². The molecule has 88 valence electrons. The van der Waals surface area contributed by atoms with Crippen LogP contribution >= 0.6 is 38.9 Å². The van der Waals surface area contributed by atoms with Crippen LogP contribution in [0, 0.1) is 5.82 Å². The SMILES string of the molecule is O=C(Nc1ncc(Br)s1)c1ccc(Cl)c(F)c1. The third-order valence-electron chi connectivity index (χ3n) is 1.88. The molecule has 0 aliphatic rings. The first-order chi connectivity index (χ1) is 8.06. The molecule has 1 aromatic carbocycles. The predicted octanol–water partition coefficient (Wildman–Crippen LogP) is 3.95. The zero-order chi connectivity index (χ0) is 12.4. The normalized spacial score (nSPS) is 10.3. The van der Waals surface area contributed by atoms with E-state index in [0.717, 1.165) is 9.85 Å². The number of carbonyl (C=O) groups excluding carboxylic acids is 1. The van der Waals surface area contributed by atoms with Gasteiger partial charge in [0.25, 0.3) is 5.91 Å². The maximum atomic E-state index is 13.1. The van der Waals surface area contributed by atoms with E-state index in [0.29, 0.717) is 5.13 Å². The molecule has 1 heterocycles. The maximum absolute atomic E-state index is 13.1. The lowest BCUT2D eigenvalue weighted by atomic mass is 10.2. The van der Waals surface area contributed by atoms with E-state index >= 15 is 0 Å². The van der Waals surface area contributed by atoms with Crippen molar-refractivity contribution in [3.8, 4) is 0 Å². The number of aromatic nitrogens is 1. The Hall–Kier alpha value is -0.980. The van der Waals surface area contributed by atoms with Crippen molar-refractivity contribution >= 4 is 49.9 Å². The van der Waals surface area contributed by atoms with E-state index in [-0.39, 0.29) is 10.6 Å². The molecule has 1 amide bonds. The number of hydrogen-bond donors (Lipinski definition) is 1. The first-order valence-corrected chi connectivity index (χ1v) is 6.43. The smallest absolute Gasteiger partial charge is 0.257 e. The van der Waals surface area contributed by atoms with Crippen LogP contribution in [0.25, 0.3) is 0 Å². The Labute approximate surface area is 114 Å². The minimum Gasteiger partial charge on any atom is -0.298 e. The fourth-order valence-electron chi connectivity index (χ4n) is 1.12. The minimum atomic E-state index is -0.625. The molecule has 2 rings (SSSR count). The van der Waals surface area contributed by atoms with Gasteiger partial charge in [0.15, 0.2) is 5.13 Å². The largest absolute Gasteiger partial charge is 0.298 e. The van der Waals surface area contributed by atoms with E-state index in [2.05, 4.69) is 26.2 Å². The summed E-state index contributed by atoms with van der Waals surface area (Å²) in [7, 11) is 0. The Bertz CT molecular complexity index is 575. The summed E-state index contributed by atoms with van der Waals surface area (Å²) in [5, 5.41) is 2.98. The lowest BCUT2D eigenvalue weighted by Crippen LogP contribution is -2.11. The number of rotatable bonds is 2. The van der Waals surface area contributed by atoms with E-state index in [9.17, 15) is 9.18 Å². The third kappa shape index (κ3) is 3.02. The van der Waals surface area contributed by atoms with Crippen LogP contribution in [0.3, 0.4) is 0 Å². The first kappa shape index (κ1) is 12.5. The average molecular weight is 336 g/mol. The van der Waals surface area contributed by atoms with Crippen molar-refractivity contribution in [2.24, 2.45) is 0 Å². The maximum Gasteiger partial charge on any atom is 0.257 e. The number of benzene rings is 1. The number of nitrogens with zero attached hydrogens (tertiary/aromatic N) is 1. The van der Waals surface area contributed by atoms with Crippen molar-refractivity contribution in [1.29, 1.82) is 0 Å². The molecule has 0 bridgehead atoms. The van der Waals surface area contributed by atoms with Gasteiger partial charge in [0, 0.05) is 5.56 Å². The van der Waals surface area contributed by atoms with Gasteiger partial charge in [-0.15, -0.1) is 0 Å². The second kappa shape index (κ2) is 5.12. The van der Waals surface area contributed by atoms with Crippen molar-refractivity contribution in [2.45, 2.75) is 0 Å². The van der Waals surface area contributed by atoms with Gasteiger partial charge >= 0.3 is 0 Å². The zero-order valence-electron chi connectivity index (χ0n) is 8.21. The highest BCUT2D eigenvalue weighted by atomic mass is 79.9. The lowest BCUT2D eigenvalue weighted by Gasteiger charge is -2.02. The van der Waals surface area contributed by atoms with Crippen LogP contribution in [-0.2, 0) is 0 Å². The van der Waals surface area contributed by atoms with Crippen LogP contribution < -0.4 is 5.32 Å². The van der Waals surface area contributed by atoms with Crippen molar-refractivity contribution in [1.82, 2.24) is 4.98 Å². The Kier molecular flexibility index (Phi) is 3.76. The highest BCUT2D eigenvalue weighted by Crippen LogP contribution is 2.24. The molecule has 0 aliphatic carbocycles. The quantitative estimate of drug-likeness (QED) is 0.903. The highest BCUT2D eigenvalue weighted by molar-refractivity contribution is 9.11. The summed E-state index contributed by atoms with van der Waals surface area (Å²) in [6.45, 7) is 0. The van der Waals surface area contributed by atoms with E-state index in [1.807, 2.05) is 0 Å². The molecule has 7 heteroatoms. The monoisotopic (exact) mass is 334 g/mol. The Morgan fingerprint density at radius 2 is 2.29 bits per heavy atom. The lowest BCUT2D eigenvalue weighted by molar-refractivity contribution is 0.102. The van der Waals surface area contributed by atoms with E-state index in [1.165, 1.54) is 23.5 Å². The van der Waals surface area contributed by atoms with Crippen molar-refractivity contribution in [3.05, 3.63) is 44.6 Å². The summed E-state index contributed by atoms with van der Waals surface area (Å²) in [6, 6.07) is 3.87. The molecular formula is C10H5BrClFN2OS. The summed E-state index contributed by atoms with van der Waals surface area (Å²) in [4.78, 5) is 15.7. The molecule has 2 aromatic rings. The molecule has 0 spiro atoms. The molecule has 0 atom stereocenters. The van der Waals surface area contributed by atoms with Crippen LogP contribution in [-0.4, -0.2) is 10.9 Å². The Morgan fingerprint density at radius 1 is 1.53 bits per heavy atom. The van der Waals surface area contributed by atoms with Gasteiger partial charge in [-0.05, 0) is 34.1 Å². The van der Waals surface area contributed by atoms with Gasteiger partial charge in [-0.1, -0.05) is 22.9 Å². The van der Waals surface area contributed by atoms with Gasteiger partial charge in [-0.2, -0.15) is 0 Å². The van der Waals surface area contributed by atoms with Crippen molar-refractivity contribution in [3.63, 3.8) is 0 Å². The number of anilines is 1. The molecule has 0 unspecified atom stereocenters. The number of nitrogens with one attached hydrogen (secondary N) is 1. The summed E-state index contributed by atoms with van der Waals surface area (Å²) < 4.78 is 14.0. The molecule has 0 saturated carbocycles. The number of thiazole rings is 1. The number of halogens is 3. The average Bonchev–Trinajstić information content (AvgIpc) is 2.68. The summed E-state index contributed by atoms with van der Waals surface area (Å²) in [5.41, 5.74) is 0.193. The van der Waals surface area contributed by atoms with Crippen LogP contribution in [0.1, 0.15) is 10.4 Å². The molecular weight excluding hydrogens is 331 g/mol. The van der Waals surface area contributed by atoms with E-state index in [4.69, 9.17) is 11.6 Å². The fraction of sp³-hybridized carbons (Fsp3) is 0. The third-order valence-corrected chi connectivity index (χ3v) is 3.58. The van der Waals surface area contributed by atoms with Gasteiger partial charge in [0.1, 0.15) is 5.82 Å². The van der Waals surface area contributed by atoms with Crippen LogP contribution in [0.15, 0.2) is 28.2 Å². The van der Waals surface area contributed by atoms with Gasteiger partial charge in [-0.3, -0.25) is 10.1 Å². The molecule has 3 nitrogen and oxygen atoms in total. The fourth-order valence-corrected chi connectivity index (χ4v) is 2.34. The van der Waals surface area contributed by atoms with Crippen LogP contribution in [0.2, 0.25) is 5.02 Å². The zero-order valence-corrected chi connectivity index (χ0v) is 11.4. The van der Waals surface area contributed by atoms with Crippen LogP contribution in [0.5, 0.6) is 0 Å². The number of carbonyl (C=O) groups is 1. The molecule has 1 N–H and O–H groups in total. The Balaban J connectivity index is 2.17. The van der Waals surface area contributed by atoms with E-state index in [1.54, 1.807) is 6.20 Å². The Morgan fingerprint density at radius 3 is 2.88 bits per heavy atom. The molecule has 1 aromatic heterocycles. The highest BCUT2D eigenvalue weighted by Gasteiger charge is 2.10. The number of hydrogen-bond acceptors (Lipinski definition) is 3. The molecule has 0 radical (unpaired) electrons. The topological polar surface area (TPSA) is 42.0 Å². The molecule has 0 saturated heterocycles. The predicted molar refractivity (Wildman–Crippen MR) is 69.2 cm³/mol. The second-order valence-corrected chi connectivity index (χ2v) is 5.87. The van der Waals surface area contributed by atoms with Crippen molar-refractivity contribution in [2.75, 3.05) is 5.32 Å². The van der Waals surface area contributed by atoms with Gasteiger partial charge in [-0.25, -0.2) is 9.37 Å². The minimum absolute atomic E-state index is 0.0152. The summed E-state index contributed by atoms with van der Waals surface area (Å²) in [6.07, 6.45) is 1.57. The van der Waals surface area contributed by atoms with Gasteiger partial charge in [0.2, 0.25) is 0 Å². The number of amides is 1. The van der Waals surface area contributed by atoms with Gasteiger partial charge < -0.3 is 0 Å². The molecule has 0 fully saturated rings.